The van der Waals surface area contributed by atoms with Gasteiger partial charge >= 0.3 is 0 Å². The molecule has 3 rings (SSSR count). The predicted octanol–water partition coefficient (Wildman–Crippen LogP) is 0.0325. The quantitative estimate of drug-likeness (QED) is 0.670. The van der Waals surface area contributed by atoms with Gasteiger partial charge in [-0.2, -0.15) is 0 Å². The van der Waals surface area contributed by atoms with Crippen molar-refractivity contribution in [1.82, 2.24) is 4.90 Å². The van der Waals surface area contributed by atoms with Gasteiger partial charge in [0.25, 0.3) is 5.91 Å². The first-order valence-corrected chi connectivity index (χ1v) is 8.34. The lowest BCUT2D eigenvalue weighted by Crippen LogP contribution is -2.41. The zero-order chi connectivity index (χ0) is 18.0. The lowest BCUT2D eigenvalue weighted by atomic mass is 9.96. The van der Waals surface area contributed by atoms with Crippen LogP contribution in [0.2, 0.25) is 0 Å². The maximum Gasteiger partial charge on any atom is 0.250 e. The van der Waals surface area contributed by atoms with E-state index in [4.69, 9.17) is 16.2 Å². The molecule has 1 heterocycles. The molecular formula is C17H22N4O4. The third-order valence-corrected chi connectivity index (χ3v) is 4.50. The number of amides is 3. The minimum Gasteiger partial charge on any atom is -0.379 e. The van der Waals surface area contributed by atoms with E-state index in [2.05, 4.69) is 5.32 Å². The summed E-state index contributed by atoms with van der Waals surface area (Å²) in [4.78, 5) is 38.0. The number of ether oxygens (including phenoxy) is 1. The lowest BCUT2D eigenvalue weighted by Gasteiger charge is -2.26. The second kappa shape index (κ2) is 7.20. The van der Waals surface area contributed by atoms with Gasteiger partial charge in [0.15, 0.2) is 0 Å². The zero-order valence-electron chi connectivity index (χ0n) is 13.9. The van der Waals surface area contributed by atoms with Crippen molar-refractivity contribution >= 4 is 23.4 Å². The molecule has 1 saturated heterocycles. The molecule has 1 aliphatic carbocycles. The number of hydrogen-bond acceptors (Lipinski definition) is 5. The molecule has 0 bridgehead atoms. The smallest absolute Gasteiger partial charge is 0.250 e. The summed E-state index contributed by atoms with van der Waals surface area (Å²) in [5.74, 6) is -1.38. The van der Waals surface area contributed by atoms with Crippen molar-refractivity contribution in [3.8, 4) is 0 Å². The summed E-state index contributed by atoms with van der Waals surface area (Å²) in [7, 11) is 0. The van der Waals surface area contributed by atoms with Crippen LogP contribution in [-0.2, 0) is 9.53 Å². The van der Waals surface area contributed by atoms with Gasteiger partial charge in [0.1, 0.15) is 0 Å². The largest absolute Gasteiger partial charge is 0.379 e. The van der Waals surface area contributed by atoms with Crippen LogP contribution in [0.15, 0.2) is 12.1 Å². The van der Waals surface area contributed by atoms with Crippen molar-refractivity contribution < 1.29 is 19.1 Å². The summed E-state index contributed by atoms with van der Waals surface area (Å²) in [6.45, 7) is 2.71. The van der Waals surface area contributed by atoms with Crippen LogP contribution in [0, 0.1) is 0 Å². The number of nitrogens with one attached hydrogen (secondary N) is 1. The van der Waals surface area contributed by atoms with Crippen LogP contribution in [0.5, 0.6) is 0 Å². The second-order valence-electron chi connectivity index (χ2n) is 6.39. The molecule has 1 aliphatic heterocycles. The van der Waals surface area contributed by atoms with Crippen LogP contribution >= 0.6 is 0 Å². The molecule has 5 N–H and O–H groups in total. The van der Waals surface area contributed by atoms with Gasteiger partial charge in [-0.25, -0.2) is 0 Å². The Morgan fingerprint density at radius 2 is 1.68 bits per heavy atom. The normalized spacial score (nSPS) is 17.9. The van der Waals surface area contributed by atoms with E-state index >= 15 is 0 Å². The summed E-state index contributed by atoms with van der Waals surface area (Å²) in [5.41, 5.74) is 12.4. The Balaban J connectivity index is 1.89. The van der Waals surface area contributed by atoms with E-state index < -0.39 is 11.8 Å². The Morgan fingerprint density at radius 1 is 1.08 bits per heavy atom. The van der Waals surface area contributed by atoms with Gasteiger partial charge in [-0.15, -0.1) is 0 Å². The lowest BCUT2D eigenvalue weighted by molar-refractivity contribution is -0.118. The summed E-state index contributed by atoms with van der Waals surface area (Å²) in [5, 5.41) is 2.79. The molecule has 134 valence electrons. The van der Waals surface area contributed by atoms with Crippen molar-refractivity contribution in [2.45, 2.75) is 18.8 Å². The monoisotopic (exact) mass is 346 g/mol. The Labute approximate surface area is 145 Å². The SMILES string of the molecule is NC(=O)c1ccc(C(N)=O)c(C2CC2)c1NC(=O)CN1CCOCC1. The Hall–Kier alpha value is -2.45. The highest BCUT2D eigenvalue weighted by Crippen LogP contribution is 2.46. The highest BCUT2D eigenvalue weighted by atomic mass is 16.5. The van der Waals surface area contributed by atoms with Crippen molar-refractivity contribution in [2.75, 3.05) is 38.2 Å². The van der Waals surface area contributed by atoms with Gasteiger partial charge < -0.3 is 21.5 Å². The fourth-order valence-corrected chi connectivity index (χ4v) is 3.11. The topological polar surface area (TPSA) is 128 Å². The maximum absolute atomic E-state index is 12.5. The third kappa shape index (κ3) is 3.97. The number of hydrogen-bond donors (Lipinski definition) is 3. The Kier molecular flexibility index (Phi) is 5.00. The summed E-state index contributed by atoms with van der Waals surface area (Å²) in [6.07, 6.45) is 1.77. The number of carbonyl (C=O) groups excluding carboxylic acids is 3. The molecule has 0 unspecified atom stereocenters. The summed E-state index contributed by atoms with van der Waals surface area (Å²) < 4.78 is 5.27. The molecule has 0 radical (unpaired) electrons. The van der Waals surface area contributed by atoms with Crippen LogP contribution in [-0.4, -0.2) is 55.5 Å². The van der Waals surface area contributed by atoms with Crippen LogP contribution in [0.1, 0.15) is 45.0 Å². The average molecular weight is 346 g/mol. The van der Waals surface area contributed by atoms with Gasteiger partial charge in [0.05, 0.1) is 31.0 Å². The Morgan fingerprint density at radius 3 is 2.24 bits per heavy atom. The molecule has 8 heteroatoms. The number of benzene rings is 1. The van der Waals surface area contributed by atoms with Gasteiger partial charge in [0.2, 0.25) is 11.8 Å². The predicted molar refractivity (Wildman–Crippen MR) is 91.3 cm³/mol. The van der Waals surface area contributed by atoms with Crippen molar-refractivity contribution in [1.29, 1.82) is 0 Å². The average Bonchev–Trinajstić information content (AvgIpc) is 3.39. The van der Waals surface area contributed by atoms with Crippen molar-refractivity contribution in [3.05, 3.63) is 28.8 Å². The molecule has 25 heavy (non-hydrogen) atoms. The number of carbonyl (C=O) groups is 3. The minimum atomic E-state index is -0.653. The van der Waals surface area contributed by atoms with E-state index in [1.54, 1.807) is 0 Å². The van der Waals surface area contributed by atoms with Crippen LogP contribution in [0.4, 0.5) is 5.69 Å². The van der Waals surface area contributed by atoms with Gasteiger partial charge in [-0.3, -0.25) is 19.3 Å². The van der Waals surface area contributed by atoms with Crippen molar-refractivity contribution in [2.24, 2.45) is 11.5 Å². The number of rotatable bonds is 6. The minimum absolute atomic E-state index is 0.112. The maximum atomic E-state index is 12.5. The Bertz CT molecular complexity index is 709. The van der Waals surface area contributed by atoms with Gasteiger partial charge in [-0.1, -0.05) is 0 Å². The zero-order valence-corrected chi connectivity index (χ0v) is 13.9. The van der Waals surface area contributed by atoms with E-state index in [0.29, 0.717) is 43.1 Å². The van der Waals surface area contributed by atoms with E-state index in [1.807, 2.05) is 4.90 Å². The first-order chi connectivity index (χ1) is 12.0. The van der Waals surface area contributed by atoms with E-state index in [1.165, 1.54) is 12.1 Å². The number of nitrogens with zero attached hydrogens (tertiary/aromatic N) is 1. The number of anilines is 1. The first-order valence-electron chi connectivity index (χ1n) is 8.34. The van der Waals surface area contributed by atoms with E-state index in [9.17, 15) is 14.4 Å². The van der Waals surface area contributed by atoms with E-state index in [0.717, 1.165) is 12.8 Å². The second-order valence-corrected chi connectivity index (χ2v) is 6.39. The highest BCUT2D eigenvalue weighted by molar-refractivity contribution is 6.07. The molecule has 2 aliphatic rings. The molecule has 8 nitrogen and oxygen atoms in total. The molecule has 0 atom stereocenters. The third-order valence-electron chi connectivity index (χ3n) is 4.50. The van der Waals surface area contributed by atoms with Crippen LogP contribution in [0.25, 0.3) is 0 Å². The van der Waals surface area contributed by atoms with Crippen molar-refractivity contribution in [3.63, 3.8) is 0 Å². The molecule has 1 aromatic carbocycles. The molecule has 0 spiro atoms. The molecule has 2 fully saturated rings. The molecule has 0 aromatic heterocycles. The first kappa shape index (κ1) is 17.4. The molecule has 3 amide bonds. The van der Waals surface area contributed by atoms with E-state index in [-0.39, 0.29) is 23.9 Å². The van der Waals surface area contributed by atoms with Crippen LogP contribution in [0.3, 0.4) is 0 Å². The fourth-order valence-electron chi connectivity index (χ4n) is 3.11. The number of primary amides is 2. The number of nitrogens with two attached hydrogens (primary N) is 2. The molecule has 1 saturated carbocycles. The summed E-state index contributed by atoms with van der Waals surface area (Å²) in [6, 6.07) is 2.95. The standard InChI is InChI=1S/C17H22N4O4/c18-16(23)11-3-4-12(17(19)24)15(14(11)10-1-2-10)20-13(22)9-21-5-7-25-8-6-21/h3-4,10H,1-2,5-9H2,(H2,18,23)(H2,19,24)(H,20,22). The molecule has 1 aromatic rings. The highest BCUT2D eigenvalue weighted by Gasteiger charge is 2.33. The number of morpholine rings is 1. The molecular weight excluding hydrogens is 324 g/mol. The van der Waals surface area contributed by atoms with Gasteiger partial charge in [0, 0.05) is 18.7 Å². The van der Waals surface area contributed by atoms with Gasteiger partial charge in [-0.05, 0) is 36.5 Å². The fraction of sp³-hybridized carbons (Fsp3) is 0.471. The summed E-state index contributed by atoms with van der Waals surface area (Å²) >= 11 is 0. The van der Waals surface area contributed by atoms with Crippen LogP contribution < -0.4 is 16.8 Å².